The Morgan fingerprint density at radius 2 is 1.25 bits per heavy atom. The normalized spacial score (nSPS) is 16.6. The molecule has 256 valence electrons. The van der Waals surface area contributed by atoms with E-state index in [9.17, 15) is 13.2 Å². The van der Waals surface area contributed by atoms with Crippen LogP contribution in [0.4, 0.5) is 35.1 Å². The summed E-state index contributed by atoms with van der Waals surface area (Å²) in [5, 5.41) is 0. The summed E-state index contributed by atoms with van der Waals surface area (Å²) in [5.41, 5.74) is -2.70. The highest BCUT2D eigenvalue weighted by atomic mass is 19.3. The molecule has 12 heteroatoms. The number of ether oxygens (including phenoxy) is 4. The molecule has 0 N–H and O–H groups in total. The van der Waals surface area contributed by atoms with Crippen molar-refractivity contribution < 1.29 is 54.1 Å². The van der Waals surface area contributed by atoms with E-state index in [1.165, 1.54) is 19.1 Å². The van der Waals surface area contributed by atoms with Crippen LogP contribution < -0.4 is 9.47 Å². The first-order valence-electron chi connectivity index (χ1n) is 15.4. The number of hydrogen-bond donors (Lipinski definition) is 0. The molecule has 0 aliphatic carbocycles. The van der Waals surface area contributed by atoms with Crippen molar-refractivity contribution in [2.24, 2.45) is 5.92 Å². The van der Waals surface area contributed by atoms with Crippen molar-refractivity contribution in [3.63, 3.8) is 0 Å². The Morgan fingerprint density at radius 3 is 1.79 bits per heavy atom. The molecule has 4 aromatic carbocycles. The molecule has 4 aromatic rings. The van der Waals surface area contributed by atoms with E-state index >= 15 is 22.0 Å². The molecule has 4 nitrogen and oxygen atoms in total. The number of rotatable bonds is 12. The van der Waals surface area contributed by atoms with Gasteiger partial charge in [0.05, 0.1) is 19.8 Å². The van der Waals surface area contributed by atoms with Crippen LogP contribution in [0.3, 0.4) is 0 Å². The highest BCUT2D eigenvalue weighted by molar-refractivity contribution is 5.67. The lowest BCUT2D eigenvalue weighted by Crippen LogP contribution is -2.27. The van der Waals surface area contributed by atoms with Crippen LogP contribution in [0.25, 0.3) is 22.3 Å². The fourth-order valence-corrected chi connectivity index (χ4v) is 5.49. The van der Waals surface area contributed by atoms with Crippen molar-refractivity contribution in [3.05, 3.63) is 107 Å². The van der Waals surface area contributed by atoms with Gasteiger partial charge >= 0.3 is 6.11 Å². The van der Waals surface area contributed by atoms with Crippen molar-refractivity contribution >= 4 is 0 Å². The number of halogens is 8. The number of unbranched alkanes of at least 4 members (excludes halogenated alkanes) is 2. The maximum absolute atomic E-state index is 15.1. The molecular formula is C36H32F8O4. The second-order valence-corrected chi connectivity index (χ2v) is 11.4. The molecule has 5 rings (SSSR count). The predicted molar refractivity (Wildman–Crippen MR) is 161 cm³/mol. The molecule has 0 bridgehead atoms. The Bertz CT molecular complexity index is 1710. The van der Waals surface area contributed by atoms with Gasteiger partial charge in [0.15, 0.2) is 23.7 Å². The SMILES string of the molecule is CCCCCC1COC(c2ccc(-c3cc(F)c(C(F)(F)Oc4ccc(-c5cc(F)c(OCC)c(F)c5)c(F)c4)c(F)c3)c(F)c2)OC1. The van der Waals surface area contributed by atoms with Crippen LogP contribution in [-0.2, 0) is 15.6 Å². The van der Waals surface area contributed by atoms with E-state index in [0.717, 1.165) is 56.0 Å². The lowest BCUT2D eigenvalue weighted by atomic mass is 9.99. The van der Waals surface area contributed by atoms with Crippen LogP contribution in [0.1, 0.15) is 56.9 Å². The Morgan fingerprint density at radius 1 is 0.688 bits per heavy atom. The minimum atomic E-state index is -4.65. The smallest absolute Gasteiger partial charge is 0.432 e. The molecular weight excluding hydrogens is 648 g/mol. The molecule has 0 aromatic heterocycles. The zero-order chi connectivity index (χ0) is 34.6. The van der Waals surface area contributed by atoms with Crippen LogP contribution in [0.5, 0.6) is 11.5 Å². The van der Waals surface area contributed by atoms with Crippen molar-refractivity contribution in [1.82, 2.24) is 0 Å². The first kappa shape index (κ1) is 35.2. The number of hydrogen-bond acceptors (Lipinski definition) is 4. The summed E-state index contributed by atoms with van der Waals surface area (Å²) in [6, 6.07) is 8.66. The molecule has 48 heavy (non-hydrogen) atoms. The highest BCUT2D eigenvalue weighted by Crippen LogP contribution is 2.39. The third-order valence-electron chi connectivity index (χ3n) is 7.88. The molecule has 1 aliphatic heterocycles. The third kappa shape index (κ3) is 7.76. The molecule has 0 atom stereocenters. The van der Waals surface area contributed by atoms with Crippen molar-refractivity contribution in [2.75, 3.05) is 19.8 Å². The first-order valence-corrected chi connectivity index (χ1v) is 15.4. The Labute approximate surface area is 272 Å². The quantitative estimate of drug-likeness (QED) is 0.110. The summed E-state index contributed by atoms with van der Waals surface area (Å²) in [6.45, 7) is 4.47. The van der Waals surface area contributed by atoms with Crippen LogP contribution in [0.2, 0.25) is 0 Å². The van der Waals surface area contributed by atoms with E-state index in [0.29, 0.717) is 37.0 Å². The van der Waals surface area contributed by atoms with E-state index in [-0.39, 0.29) is 34.8 Å². The lowest BCUT2D eigenvalue weighted by molar-refractivity contribution is -0.206. The monoisotopic (exact) mass is 680 g/mol. The first-order chi connectivity index (χ1) is 22.9. The summed E-state index contributed by atoms with van der Waals surface area (Å²) in [7, 11) is 0. The van der Waals surface area contributed by atoms with Crippen LogP contribution in [-0.4, -0.2) is 19.8 Å². The van der Waals surface area contributed by atoms with E-state index in [4.69, 9.17) is 14.2 Å². The standard InChI is InChI=1S/C36H32F8O4/c1-3-5-6-7-20-18-46-35(47-19-20)21-8-10-25(27(37)12-21)22-13-29(39)33(30(40)14-22)36(43,44)48-24-9-11-26(28(38)17-24)23-15-31(41)34(45-4-2)32(42)16-23/h8-17,20,35H,3-7,18-19H2,1-2H3. The van der Waals surface area contributed by atoms with Crippen LogP contribution >= 0.6 is 0 Å². The molecule has 1 aliphatic rings. The van der Waals surface area contributed by atoms with Gasteiger partial charge in [-0.1, -0.05) is 38.3 Å². The summed E-state index contributed by atoms with van der Waals surface area (Å²) >= 11 is 0. The van der Waals surface area contributed by atoms with Gasteiger partial charge in [-0.3, -0.25) is 0 Å². The van der Waals surface area contributed by atoms with Crippen LogP contribution in [0, 0.1) is 40.8 Å². The van der Waals surface area contributed by atoms with Gasteiger partial charge in [0.1, 0.15) is 34.6 Å². The summed E-state index contributed by atoms with van der Waals surface area (Å²) in [6.07, 6.45) is -1.28. The highest BCUT2D eigenvalue weighted by Gasteiger charge is 2.41. The van der Waals surface area contributed by atoms with Gasteiger partial charge in [-0.25, -0.2) is 26.3 Å². The van der Waals surface area contributed by atoms with Gasteiger partial charge in [0.2, 0.25) is 0 Å². The van der Waals surface area contributed by atoms with Gasteiger partial charge in [0, 0.05) is 28.7 Å². The van der Waals surface area contributed by atoms with Gasteiger partial charge in [-0.2, -0.15) is 8.78 Å². The third-order valence-corrected chi connectivity index (χ3v) is 7.88. The molecule has 0 spiro atoms. The zero-order valence-electron chi connectivity index (χ0n) is 26.0. The molecule has 1 saturated heterocycles. The van der Waals surface area contributed by atoms with Crippen LogP contribution in [0.15, 0.2) is 60.7 Å². The van der Waals surface area contributed by atoms with Crippen molar-refractivity contribution in [1.29, 1.82) is 0 Å². The van der Waals surface area contributed by atoms with Crippen molar-refractivity contribution in [3.8, 4) is 33.8 Å². The average molecular weight is 681 g/mol. The minimum absolute atomic E-state index is 0.0264. The Kier molecular flexibility index (Phi) is 10.9. The lowest BCUT2D eigenvalue weighted by Gasteiger charge is -2.29. The fourth-order valence-electron chi connectivity index (χ4n) is 5.49. The topological polar surface area (TPSA) is 36.9 Å². The average Bonchev–Trinajstić information content (AvgIpc) is 3.02. The van der Waals surface area contributed by atoms with E-state index < -0.39 is 64.4 Å². The maximum Gasteiger partial charge on any atom is 0.432 e. The molecule has 0 unspecified atom stereocenters. The minimum Gasteiger partial charge on any atom is -0.488 e. The Balaban J connectivity index is 1.31. The molecule has 1 fully saturated rings. The zero-order valence-corrected chi connectivity index (χ0v) is 26.0. The Hall–Kier alpha value is -4.16. The van der Waals surface area contributed by atoms with Gasteiger partial charge in [0.25, 0.3) is 0 Å². The van der Waals surface area contributed by atoms with E-state index in [2.05, 4.69) is 11.7 Å². The molecule has 1 heterocycles. The molecule has 0 radical (unpaired) electrons. The second-order valence-electron chi connectivity index (χ2n) is 11.4. The maximum atomic E-state index is 15.1. The summed E-state index contributed by atoms with van der Waals surface area (Å²) in [5.74, 6) is -9.08. The molecule has 0 saturated carbocycles. The second kappa shape index (κ2) is 14.9. The van der Waals surface area contributed by atoms with E-state index in [1.54, 1.807) is 0 Å². The van der Waals surface area contributed by atoms with E-state index in [1.807, 2.05) is 0 Å². The van der Waals surface area contributed by atoms with Gasteiger partial charge < -0.3 is 18.9 Å². The van der Waals surface area contributed by atoms with Crippen molar-refractivity contribution in [2.45, 2.75) is 51.9 Å². The fraction of sp³-hybridized carbons (Fsp3) is 0.333. The number of benzene rings is 4. The number of alkyl halides is 2. The summed E-state index contributed by atoms with van der Waals surface area (Å²) in [4.78, 5) is 0. The predicted octanol–water partition coefficient (Wildman–Crippen LogP) is 10.6. The molecule has 0 amide bonds. The largest absolute Gasteiger partial charge is 0.488 e. The van der Waals surface area contributed by atoms with Gasteiger partial charge in [-0.05, 0) is 66.9 Å². The summed E-state index contributed by atoms with van der Waals surface area (Å²) < 4.78 is 140. The van der Waals surface area contributed by atoms with Gasteiger partial charge in [-0.15, -0.1) is 0 Å².